The summed E-state index contributed by atoms with van der Waals surface area (Å²) in [4.78, 5) is 21.4. The van der Waals surface area contributed by atoms with Gasteiger partial charge in [0.05, 0.1) is 0 Å². The molecule has 1 N–H and O–H groups in total. The summed E-state index contributed by atoms with van der Waals surface area (Å²) in [5.74, 6) is -2.03. The number of carboxylic acid groups (broad SMARTS) is 1. The third-order valence-electron chi connectivity index (χ3n) is 2.00. The minimum absolute atomic E-state index is 0.432. The first-order chi connectivity index (χ1) is 5.09. The van der Waals surface area contributed by atoms with Crippen molar-refractivity contribution >= 4 is 11.9 Å². The van der Waals surface area contributed by atoms with Gasteiger partial charge in [0.15, 0.2) is 0 Å². The Hall–Kier alpha value is -1.10. The monoisotopic (exact) mass is 158 g/mol. The number of carbonyl (C=O) groups excluding carboxylic acids is 1. The molecule has 0 aliphatic carbocycles. The molecule has 0 amide bonds. The molecule has 2 heterocycles. The van der Waals surface area contributed by atoms with Crippen molar-refractivity contribution in [3.8, 4) is 0 Å². The molecule has 5 nitrogen and oxygen atoms in total. The number of hydrogen-bond donors (Lipinski definition) is 1. The van der Waals surface area contributed by atoms with Crippen molar-refractivity contribution in [3.05, 3.63) is 0 Å². The average molecular weight is 158 g/mol. The number of esters is 1. The van der Waals surface area contributed by atoms with Gasteiger partial charge in [0, 0.05) is 0 Å². The molecule has 2 aliphatic heterocycles. The quantitative estimate of drug-likeness (QED) is 0.305. The van der Waals surface area contributed by atoms with Crippen molar-refractivity contribution in [2.24, 2.45) is 0 Å². The molecule has 0 aromatic carbocycles. The van der Waals surface area contributed by atoms with Crippen LogP contribution in [-0.2, 0) is 19.1 Å². The van der Waals surface area contributed by atoms with E-state index in [-0.39, 0.29) is 0 Å². The van der Waals surface area contributed by atoms with Crippen LogP contribution >= 0.6 is 0 Å². The Morgan fingerprint density at radius 1 is 1.73 bits per heavy atom. The summed E-state index contributed by atoms with van der Waals surface area (Å²) < 4.78 is 9.40. The number of carbonyl (C=O) groups is 2. The molecule has 0 bridgehead atoms. The smallest absolute Gasteiger partial charge is 0.353 e. The summed E-state index contributed by atoms with van der Waals surface area (Å²) in [6.45, 7) is 1.61. The van der Waals surface area contributed by atoms with Crippen molar-refractivity contribution in [1.29, 1.82) is 0 Å². The van der Waals surface area contributed by atoms with E-state index in [0.717, 1.165) is 0 Å². The van der Waals surface area contributed by atoms with Crippen LogP contribution in [0.4, 0.5) is 0 Å². The fourth-order valence-corrected chi connectivity index (χ4v) is 1.33. The number of carboxylic acids is 1. The van der Waals surface area contributed by atoms with E-state index in [1.165, 1.54) is 0 Å². The molecule has 0 aromatic rings. The van der Waals surface area contributed by atoms with Gasteiger partial charge in [-0.15, -0.1) is 0 Å². The highest BCUT2D eigenvalue weighted by Gasteiger charge is 2.77. The molecule has 0 aromatic heterocycles. The molecule has 2 rings (SSSR count). The van der Waals surface area contributed by atoms with Gasteiger partial charge in [0.25, 0.3) is 5.60 Å². The van der Waals surface area contributed by atoms with Gasteiger partial charge < -0.3 is 14.6 Å². The van der Waals surface area contributed by atoms with E-state index in [1.807, 2.05) is 0 Å². The maximum absolute atomic E-state index is 10.9. The van der Waals surface area contributed by atoms with Crippen molar-refractivity contribution in [1.82, 2.24) is 0 Å². The molecule has 11 heavy (non-hydrogen) atoms. The Labute approximate surface area is 61.9 Å². The Bertz CT molecular complexity index is 247. The van der Waals surface area contributed by atoms with Crippen LogP contribution in [0, 0.1) is 0 Å². The predicted molar refractivity (Wildman–Crippen MR) is 30.8 cm³/mol. The lowest BCUT2D eigenvalue weighted by Crippen LogP contribution is -2.32. The molecule has 0 saturated carbocycles. The number of fused-ring (bicyclic) bond motifs is 1. The normalized spacial score (nSPS) is 46.5. The van der Waals surface area contributed by atoms with Crippen LogP contribution in [-0.4, -0.2) is 34.9 Å². The van der Waals surface area contributed by atoms with E-state index in [1.54, 1.807) is 6.92 Å². The van der Waals surface area contributed by atoms with Crippen LogP contribution in [0.3, 0.4) is 0 Å². The molecule has 5 heteroatoms. The molecule has 2 saturated heterocycles. The minimum atomic E-state index is -1.65. The third-order valence-corrected chi connectivity index (χ3v) is 2.00. The molecule has 3 atom stereocenters. The summed E-state index contributed by atoms with van der Waals surface area (Å²) in [5, 5.41) is 8.58. The molecular weight excluding hydrogens is 152 g/mol. The lowest BCUT2D eigenvalue weighted by molar-refractivity contribution is -0.161. The molecule has 2 fully saturated rings. The van der Waals surface area contributed by atoms with Gasteiger partial charge in [-0.3, -0.25) is 0 Å². The lowest BCUT2D eigenvalue weighted by atomic mass is 10.1. The number of cyclic esters (lactones) is 1. The minimum Gasteiger partial charge on any atom is -0.479 e. The van der Waals surface area contributed by atoms with Crippen molar-refractivity contribution in [2.75, 3.05) is 0 Å². The summed E-state index contributed by atoms with van der Waals surface area (Å²) in [6, 6.07) is 0. The van der Waals surface area contributed by atoms with E-state index in [4.69, 9.17) is 9.84 Å². The second-order valence-corrected chi connectivity index (χ2v) is 2.69. The highest BCUT2D eigenvalue weighted by atomic mass is 16.7. The summed E-state index contributed by atoms with van der Waals surface area (Å²) in [6.07, 6.45) is -1.01. The fraction of sp³-hybridized carbons (Fsp3) is 0.667. The highest BCUT2D eigenvalue weighted by molar-refractivity contribution is 6.08. The molecule has 60 valence electrons. The number of hydrogen-bond acceptors (Lipinski definition) is 4. The lowest BCUT2D eigenvalue weighted by Gasteiger charge is -2.03. The standard InChI is InChI=1S/C6H6O5/c1-2-3-6(11-3,4(7)8)5(9)10-2/h2-3H,1H3,(H,7,8)/t2-,3-,6+/m1/s1. The van der Waals surface area contributed by atoms with E-state index in [2.05, 4.69) is 4.74 Å². The first-order valence-corrected chi connectivity index (χ1v) is 3.21. The van der Waals surface area contributed by atoms with Gasteiger partial charge in [-0.2, -0.15) is 0 Å². The number of rotatable bonds is 1. The predicted octanol–water partition coefficient (Wildman–Crippen LogP) is -0.846. The molecular formula is C6H6O5. The largest absolute Gasteiger partial charge is 0.479 e. The molecule has 0 spiro atoms. The van der Waals surface area contributed by atoms with Crippen LogP contribution in [0.15, 0.2) is 0 Å². The van der Waals surface area contributed by atoms with Gasteiger partial charge >= 0.3 is 11.9 Å². The number of epoxide rings is 1. The van der Waals surface area contributed by atoms with E-state index < -0.39 is 29.7 Å². The second-order valence-electron chi connectivity index (χ2n) is 2.69. The zero-order valence-corrected chi connectivity index (χ0v) is 5.73. The Morgan fingerprint density at radius 2 is 2.36 bits per heavy atom. The van der Waals surface area contributed by atoms with Gasteiger partial charge in [-0.05, 0) is 6.92 Å². The van der Waals surface area contributed by atoms with Gasteiger partial charge in [0.1, 0.15) is 12.2 Å². The topological polar surface area (TPSA) is 76.1 Å². The third kappa shape index (κ3) is 0.544. The van der Waals surface area contributed by atoms with E-state index in [0.29, 0.717) is 0 Å². The molecule has 0 unspecified atom stereocenters. The van der Waals surface area contributed by atoms with Crippen molar-refractivity contribution in [3.63, 3.8) is 0 Å². The van der Waals surface area contributed by atoms with Gasteiger partial charge in [-0.1, -0.05) is 0 Å². The Morgan fingerprint density at radius 3 is 2.55 bits per heavy atom. The summed E-state index contributed by atoms with van der Waals surface area (Å²) in [7, 11) is 0. The maximum atomic E-state index is 10.9. The molecule has 0 radical (unpaired) electrons. The van der Waals surface area contributed by atoms with E-state index in [9.17, 15) is 9.59 Å². The summed E-state index contributed by atoms with van der Waals surface area (Å²) >= 11 is 0. The van der Waals surface area contributed by atoms with Crippen LogP contribution in [0.5, 0.6) is 0 Å². The van der Waals surface area contributed by atoms with Crippen molar-refractivity contribution in [2.45, 2.75) is 24.7 Å². The maximum Gasteiger partial charge on any atom is 0.353 e. The van der Waals surface area contributed by atoms with Crippen molar-refractivity contribution < 1.29 is 24.2 Å². The zero-order chi connectivity index (χ0) is 8.22. The Balaban J connectivity index is 2.33. The first kappa shape index (κ1) is 6.60. The Kier molecular flexibility index (Phi) is 0.933. The SMILES string of the molecule is C[C@H]1OC(=O)[C@]2(C(=O)O)O[C@H]12. The number of ether oxygens (including phenoxy) is 2. The van der Waals surface area contributed by atoms with E-state index >= 15 is 0 Å². The zero-order valence-electron chi connectivity index (χ0n) is 5.73. The number of aliphatic carboxylic acids is 1. The average Bonchev–Trinajstić information content (AvgIpc) is 2.56. The van der Waals surface area contributed by atoms with Crippen LogP contribution in [0.25, 0.3) is 0 Å². The highest BCUT2D eigenvalue weighted by Crippen LogP contribution is 2.46. The van der Waals surface area contributed by atoms with Crippen LogP contribution in [0.1, 0.15) is 6.92 Å². The van der Waals surface area contributed by atoms with Crippen LogP contribution < -0.4 is 0 Å². The van der Waals surface area contributed by atoms with Gasteiger partial charge in [0.2, 0.25) is 0 Å². The van der Waals surface area contributed by atoms with Gasteiger partial charge in [-0.25, -0.2) is 9.59 Å². The van der Waals surface area contributed by atoms with Crippen LogP contribution in [0.2, 0.25) is 0 Å². The molecule has 2 aliphatic rings. The second kappa shape index (κ2) is 1.55. The summed E-state index contributed by atoms with van der Waals surface area (Å²) in [5.41, 5.74) is -1.65. The fourth-order valence-electron chi connectivity index (χ4n) is 1.33. The first-order valence-electron chi connectivity index (χ1n) is 3.21.